The zero-order valence-electron chi connectivity index (χ0n) is 11.0. The van der Waals surface area contributed by atoms with Crippen LogP contribution in [0.15, 0.2) is 24.3 Å². The summed E-state index contributed by atoms with van der Waals surface area (Å²) >= 11 is 0. The van der Waals surface area contributed by atoms with Crippen molar-refractivity contribution in [1.29, 1.82) is 0 Å². The summed E-state index contributed by atoms with van der Waals surface area (Å²) in [6.07, 6.45) is -0.337. The van der Waals surface area contributed by atoms with Crippen LogP contribution >= 0.6 is 0 Å². The summed E-state index contributed by atoms with van der Waals surface area (Å²) in [5.74, 6) is 1.53. The Hall–Kier alpha value is -1.91. The Morgan fingerprint density at radius 3 is 2.39 bits per heavy atom. The van der Waals surface area contributed by atoms with Crippen molar-refractivity contribution in [3.8, 4) is 11.5 Å². The van der Waals surface area contributed by atoms with E-state index in [2.05, 4.69) is 0 Å². The fourth-order valence-electron chi connectivity index (χ4n) is 1.30. The van der Waals surface area contributed by atoms with E-state index in [0.29, 0.717) is 19.8 Å². The first kappa shape index (κ1) is 14.2. The van der Waals surface area contributed by atoms with Gasteiger partial charge in [-0.25, -0.2) is 4.79 Å². The first-order valence-corrected chi connectivity index (χ1v) is 5.82. The van der Waals surface area contributed by atoms with Gasteiger partial charge < -0.3 is 19.1 Å². The van der Waals surface area contributed by atoms with Crippen LogP contribution in [0.2, 0.25) is 0 Å². The quantitative estimate of drug-likeness (QED) is 0.779. The molecule has 1 aromatic carbocycles. The summed E-state index contributed by atoms with van der Waals surface area (Å²) in [6, 6.07) is 7.29. The van der Waals surface area contributed by atoms with E-state index in [1.54, 1.807) is 21.1 Å². The Balaban J connectivity index is 2.30. The first-order valence-electron chi connectivity index (χ1n) is 5.82. The fourth-order valence-corrected chi connectivity index (χ4v) is 1.30. The lowest BCUT2D eigenvalue weighted by atomic mass is 10.3. The molecule has 1 aromatic rings. The van der Waals surface area contributed by atoms with Crippen LogP contribution in [0, 0.1) is 0 Å². The number of rotatable bonds is 6. The van der Waals surface area contributed by atoms with Crippen molar-refractivity contribution in [1.82, 2.24) is 4.90 Å². The largest absolute Gasteiger partial charge is 0.497 e. The molecule has 0 fully saturated rings. The number of carbonyl (C=O) groups is 1. The predicted molar refractivity (Wildman–Crippen MR) is 68.1 cm³/mol. The molecule has 18 heavy (non-hydrogen) atoms. The molecule has 5 nitrogen and oxygen atoms in total. The number of hydrogen-bond acceptors (Lipinski definition) is 4. The van der Waals surface area contributed by atoms with Crippen molar-refractivity contribution in [3.63, 3.8) is 0 Å². The molecule has 1 rings (SSSR count). The molecule has 0 saturated heterocycles. The summed E-state index contributed by atoms with van der Waals surface area (Å²) in [6.45, 7) is 3.05. The van der Waals surface area contributed by atoms with Crippen molar-refractivity contribution >= 4 is 6.09 Å². The molecule has 0 aliphatic rings. The van der Waals surface area contributed by atoms with Crippen LogP contribution in [0.4, 0.5) is 4.79 Å². The molecule has 0 heterocycles. The van der Waals surface area contributed by atoms with Crippen LogP contribution in [-0.2, 0) is 4.74 Å². The van der Waals surface area contributed by atoms with Crippen LogP contribution in [0.3, 0.4) is 0 Å². The first-order chi connectivity index (χ1) is 8.67. The van der Waals surface area contributed by atoms with Crippen molar-refractivity contribution in [3.05, 3.63) is 24.3 Å². The molecule has 1 amide bonds. The third-order valence-electron chi connectivity index (χ3n) is 2.33. The van der Waals surface area contributed by atoms with Gasteiger partial charge in [0.1, 0.15) is 18.1 Å². The van der Waals surface area contributed by atoms with Gasteiger partial charge in [-0.1, -0.05) is 0 Å². The molecule has 0 radical (unpaired) electrons. The monoisotopic (exact) mass is 253 g/mol. The van der Waals surface area contributed by atoms with Gasteiger partial charge in [-0.15, -0.1) is 0 Å². The van der Waals surface area contributed by atoms with Gasteiger partial charge in [0.2, 0.25) is 0 Å². The van der Waals surface area contributed by atoms with Crippen LogP contribution in [0.1, 0.15) is 6.92 Å². The van der Waals surface area contributed by atoms with E-state index < -0.39 is 0 Å². The Labute approximate surface area is 107 Å². The van der Waals surface area contributed by atoms with Crippen LogP contribution in [-0.4, -0.2) is 44.9 Å². The maximum atomic E-state index is 11.3. The van der Waals surface area contributed by atoms with E-state index in [4.69, 9.17) is 14.2 Å². The van der Waals surface area contributed by atoms with Crippen LogP contribution < -0.4 is 9.47 Å². The Bertz CT molecular complexity index is 364. The average Bonchev–Trinajstić information content (AvgIpc) is 2.39. The normalized spacial score (nSPS) is 9.72. The lowest BCUT2D eigenvalue weighted by Crippen LogP contribution is -2.31. The number of benzene rings is 1. The van der Waals surface area contributed by atoms with Crippen molar-refractivity contribution in [2.75, 3.05) is 33.9 Å². The SMILES string of the molecule is CCOC(=O)N(C)CCOc1ccc(OC)cc1. The van der Waals surface area contributed by atoms with Gasteiger partial charge in [-0.2, -0.15) is 0 Å². The third-order valence-corrected chi connectivity index (χ3v) is 2.33. The zero-order chi connectivity index (χ0) is 13.4. The number of hydrogen-bond donors (Lipinski definition) is 0. The molecule has 0 aliphatic heterocycles. The Kier molecular flexibility index (Phi) is 5.84. The second-order valence-corrected chi connectivity index (χ2v) is 3.64. The zero-order valence-corrected chi connectivity index (χ0v) is 11.0. The topological polar surface area (TPSA) is 48.0 Å². The second kappa shape index (κ2) is 7.42. The number of ether oxygens (including phenoxy) is 3. The van der Waals surface area contributed by atoms with E-state index in [1.807, 2.05) is 24.3 Å². The molecule has 5 heteroatoms. The second-order valence-electron chi connectivity index (χ2n) is 3.64. The van der Waals surface area contributed by atoms with Crippen LogP contribution in [0.25, 0.3) is 0 Å². The third kappa shape index (κ3) is 4.53. The summed E-state index contributed by atoms with van der Waals surface area (Å²) in [5, 5.41) is 0. The summed E-state index contributed by atoms with van der Waals surface area (Å²) < 4.78 is 15.4. The highest BCUT2D eigenvalue weighted by molar-refractivity contribution is 5.67. The fraction of sp³-hybridized carbons (Fsp3) is 0.462. The summed E-state index contributed by atoms with van der Waals surface area (Å²) in [4.78, 5) is 12.8. The number of amides is 1. The van der Waals surface area contributed by atoms with Crippen LogP contribution in [0.5, 0.6) is 11.5 Å². The van der Waals surface area contributed by atoms with Crippen molar-refractivity contribution in [2.24, 2.45) is 0 Å². The number of carbonyl (C=O) groups excluding carboxylic acids is 1. The van der Waals surface area contributed by atoms with Crippen molar-refractivity contribution < 1.29 is 19.0 Å². The lowest BCUT2D eigenvalue weighted by molar-refractivity contribution is 0.110. The van der Waals surface area contributed by atoms with Gasteiger partial charge in [0, 0.05) is 7.05 Å². The summed E-state index contributed by atoms with van der Waals surface area (Å²) in [5.41, 5.74) is 0. The molecular weight excluding hydrogens is 234 g/mol. The van der Waals surface area contributed by atoms with E-state index in [1.165, 1.54) is 4.90 Å². The standard InChI is InChI=1S/C13H19NO4/c1-4-17-13(15)14(2)9-10-18-12-7-5-11(16-3)6-8-12/h5-8H,4,9-10H2,1-3H3. The smallest absolute Gasteiger partial charge is 0.409 e. The van der Waals surface area contributed by atoms with Gasteiger partial charge >= 0.3 is 6.09 Å². The molecular formula is C13H19NO4. The maximum absolute atomic E-state index is 11.3. The minimum absolute atomic E-state index is 0.337. The van der Waals surface area contributed by atoms with E-state index in [9.17, 15) is 4.79 Å². The minimum Gasteiger partial charge on any atom is -0.497 e. The Morgan fingerprint density at radius 2 is 1.83 bits per heavy atom. The number of likely N-dealkylation sites (N-methyl/N-ethyl adjacent to an activating group) is 1. The highest BCUT2D eigenvalue weighted by Gasteiger charge is 2.08. The molecule has 0 saturated carbocycles. The van der Waals surface area contributed by atoms with Gasteiger partial charge in [0.15, 0.2) is 0 Å². The highest BCUT2D eigenvalue weighted by Crippen LogP contribution is 2.16. The van der Waals surface area contributed by atoms with E-state index in [-0.39, 0.29) is 6.09 Å². The highest BCUT2D eigenvalue weighted by atomic mass is 16.6. The van der Waals surface area contributed by atoms with Gasteiger partial charge in [-0.3, -0.25) is 0 Å². The molecule has 0 spiro atoms. The maximum Gasteiger partial charge on any atom is 0.409 e. The summed E-state index contributed by atoms with van der Waals surface area (Å²) in [7, 11) is 3.29. The van der Waals surface area contributed by atoms with Crippen molar-refractivity contribution in [2.45, 2.75) is 6.92 Å². The number of methoxy groups -OCH3 is 1. The molecule has 0 atom stereocenters. The molecule has 0 aromatic heterocycles. The van der Waals surface area contributed by atoms with Gasteiger partial charge in [-0.05, 0) is 31.2 Å². The number of nitrogens with zero attached hydrogens (tertiary/aromatic N) is 1. The molecule has 0 bridgehead atoms. The Morgan fingerprint density at radius 1 is 1.22 bits per heavy atom. The average molecular weight is 253 g/mol. The molecule has 0 N–H and O–H groups in total. The van der Waals surface area contributed by atoms with Gasteiger partial charge in [0.25, 0.3) is 0 Å². The minimum atomic E-state index is -0.337. The van der Waals surface area contributed by atoms with Gasteiger partial charge in [0.05, 0.1) is 20.3 Å². The van der Waals surface area contributed by atoms with E-state index in [0.717, 1.165) is 11.5 Å². The molecule has 100 valence electrons. The molecule has 0 aliphatic carbocycles. The lowest BCUT2D eigenvalue weighted by Gasteiger charge is -2.16. The predicted octanol–water partition coefficient (Wildman–Crippen LogP) is 2.16. The van der Waals surface area contributed by atoms with E-state index >= 15 is 0 Å². The molecule has 0 unspecified atom stereocenters.